The van der Waals surface area contributed by atoms with Gasteiger partial charge in [0, 0.05) is 19.2 Å². The van der Waals surface area contributed by atoms with E-state index in [1.807, 2.05) is 0 Å². The Balaban J connectivity index is 8.62. The average Bonchev–Trinajstić information content (AvgIpc) is 2.92. The topological polar surface area (TPSA) is 0 Å². The standard InChI is InChI=1S/C26H28B14/c1-17-30(18-2)36(29(15)16)39(35(27(11)12)28(13)14)40(37(31(19-3)20-4)32(21-5)22-6)38(33(23-7)24-8)34(25-9)26-10/h1-10H,11-16H3. The summed E-state index contributed by atoms with van der Waals surface area (Å²) in [6.45, 7) is 9.68. The molecule has 0 rings (SSSR count). The fraction of sp³-hybridized carbons (Fsp3) is 0.231. The monoisotopic (exact) mass is 494 g/mol. The Kier molecular flexibility index (Phi) is 16.4. The molecule has 0 aromatic rings. The van der Waals surface area contributed by atoms with Crippen molar-refractivity contribution in [2.24, 2.45) is 0 Å². The molecule has 0 radical (unpaired) electrons. The molecule has 0 aromatic carbocycles. The normalized spacial score (nSPS) is 8.00. The number of terminal acetylenes is 10. The molecular formula is C26H28B14. The maximum atomic E-state index is 6.06. The smallest absolute Gasteiger partial charge is 0.152 e. The summed E-state index contributed by atoms with van der Waals surface area (Å²) in [6.07, 6.45) is 58.3. The molecule has 0 aliphatic rings. The van der Waals surface area contributed by atoms with Gasteiger partial charge in [-0.1, -0.05) is 40.9 Å². The lowest BCUT2D eigenvalue weighted by Gasteiger charge is -2.44. The third kappa shape index (κ3) is 8.26. The molecule has 0 spiro atoms. The molecule has 0 heterocycles. The largest absolute Gasteiger partial charge is 0.266 e. The summed E-state index contributed by atoms with van der Waals surface area (Å²) in [5.74, 6) is 27.7. The van der Waals surface area contributed by atoms with Crippen LogP contribution in [-0.2, 0) is 0 Å². The van der Waals surface area contributed by atoms with Gasteiger partial charge in [0.15, 0.2) is 0 Å². The van der Waals surface area contributed by atoms with Crippen molar-refractivity contribution < 1.29 is 0 Å². The lowest BCUT2D eigenvalue weighted by atomic mass is 8.37. The van der Waals surface area contributed by atoms with Gasteiger partial charge in [-0.25, -0.2) is 0 Å². The molecule has 0 N–H and O–H groups in total. The molecule has 14 heteroatoms. The third-order valence-corrected chi connectivity index (χ3v) is 8.25. The maximum Gasteiger partial charge on any atom is 0.266 e. The Bertz CT molecular complexity index is 1090. The van der Waals surface area contributed by atoms with Gasteiger partial charge in [-0.3, -0.25) is 0 Å². The molecule has 0 aliphatic heterocycles. The molecule has 0 amide bonds. The van der Waals surface area contributed by atoms with Crippen LogP contribution in [0.15, 0.2) is 0 Å². The summed E-state index contributed by atoms with van der Waals surface area (Å²) >= 11 is 0. The van der Waals surface area contributed by atoms with E-state index in [-0.39, 0.29) is 39.0 Å². The second-order valence-corrected chi connectivity index (χ2v) is 11.3. The molecule has 0 aliphatic carbocycles. The van der Waals surface area contributed by atoms with Crippen LogP contribution < -0.4 is 0 Å². The molecule has 0 aromatic heterocycles. The summed E-state index contributed by atoms with van der Waals surface area (Å²) in [5.41, 5.74) is 0. The van der Waals surface area contributed by atoms with Crippen LogP contribution in [0.5, 0.6) is 0 Å². The van der Waals surface area contributed by atoms with E-state index in [2.05, 4.69) is 99.1 Å². The van der Waals surface area contributed by atoms with Crippen LogP contribution in [0.2, 0.25) is 40.9 Å². The Morgan fingerprint density at radius 1 is 0.250 bits per heavy atom. The molecule has 0 bridgehead atoms. The van der Waals surface area contributed by atoms with Gasteiger partial charge in [0.25, 0.3) is 33.0 Å². The Morgan fingerprint density at radius 3 is 0.600 bits per heavy atom. The van der Waals surface area contributed by atoms with Gasteiger partial charge < -0.3 is 0 Å². The summed E-state index contributed by atoms with van der Waals surface area (Å²) in [7, 11) is 0. The Labute approximate surface area is 253 Å². The molecule has 40 heavy (non-hydrogen) atoms. The average molecular weight is 492 g/mol. The van der Waals surface area contributed by atoms with Gasteiger partial charge in [-0.15, -0.1) is 64.2 Å². The minimum absolute atomic E-state index is 0.0429. The molecule has 0 atom stereocenters. The van der Waals surface area contributed by atoms with E-state index < -0.39 is 52.2 Å². The Morgan fingerprint density at radius 2 is 0.425 bits per heavy atom. The lowest BCUT2D eigenvalue weighted by Crippen LogP contribution is -2.86. The lowest BCUT2D eigenvalue weighted by molar-refractivity contribution is 2.05. The maximum absolute atomic E-state index is 6.06. The highest BCUT2D eigenvalue weighted by Crippen LogP contribution is 2.20. The molecule has 174 valence electrons. The quantitative estimate of drug-likeness (QED) is 0.239. The summed E-state index contributed by atoms with van der Waals surface area (Å²) < 4.78 is 0. The zero-order valence-corrected chi connectivity index (χ0v) is 24.9. The van der Waals surface area contributed by atoms with Gasteiger partial charge in [-0.2, -0.15) is 58.2 Å². The van der Waals surface area contributed by atoms with Crippen molar-refractivity contribution in [3.63, 3.8) is 0 Å². The van der Waals surface area contributed by atoms with Crippen molar-refractivity contribution in [2.75, 3.05) is 0 Å². The van der Waals surface area contributed by atoms with Crippen LogP contribution >= 0.6 is 0 Å². The van der Waals surface area contributed by atoms with Crippen LogP contribution in [-0.4, -0.2) is 91.1 Å². The van der Waals surface area contributed by atoms with Crippen molar-refractivity contribution >= 4 is 91.1 Å². The zero-order chi connectivity index (χ0) is 31.2. The fourth-order valence-electron chi connectivity index (χ4n) is 6.88. The van der Waals surface area contributed by atoms with Gasteiger partial charge in [0.1, 0.15) is 12.8 Å². The summed E-state index contributed by atoms with van der Waals surface area (Å²) in [5, 5.41) is 0. The minimum atomic E-state index is -0.762. The van der Waals surface area contributed by atoms with E-state index >= 15 is 0 Å². The molecule has 0 saturated carbocycles. The van der Waals surface area contributed by atoms with E-state index in [1.54, 1.807) is 0 Å². The van der Waals surface area contributed by atoms with E-state index in [0.717, 1.165) is 0 Å². The summed E-state index contributed by atoms with van der Waals surface area (Å²) in [6, 6.07) is 0. The van der Waals surface area contributed by atoms with Crippen molar-refractivity contribution in [1.82, 2.24) is 0 Å². The highest BCUT2D eigenvalue weighted by molar-refractivity contribution is 8.19. The van der Waals surface area contributed by atoms with Crippen molar-refractivity contribution in [1.29, 1.82) is 0 Å². The molecular weight excluding hydrogens is 464 g/mol. The predicted octanol–water partition coefficient (Wildman–Crippen LogP) is -0.564. The first-order chi connectivity index (χ1) is 19.0. The van der Waals surface area contributed by atoms with Crippen LogP contribution in [0.1, 0.15) is 0 Å². The van der Waals surface area contributed by atoms with E-state index in [9.17, 15) is 0 Å². The predicted molar refractivity (Wildman–Crippen MR) is 204 cm³/mol. The molecule has 0 saturated heterocycles. The first kappa shape index (κ1) is 36.5. The number of hydrogen-bond acceptors (Lipinski definition) is 0. The number of rotatable bonds is 13. The highest BCUT2D eigenvalue weighted by atomic mass is 13.6. The first-order valence-corrected chi connectivity index (χ1v) is 13.6. The second-order valence-electron chi connectivity index (χ2n) is 11.3. The molecule has 0 fully saturated rings. The van der Waals surface area contributed by atoms with Crippen LogP contribution in [0.3, 0.4) is 0 Å². The van der Waals surface area contributed by atoms with E-state index in [0.29, 0.717) is 0 Å². The SMILES string of the molecule is C#CB(C#C)B(B(C)C)B(B(B(C)C)B(C)C)B(B(B(C#C)C#C)B(C#C)C#C)B(B(C#C)C#C)B(C#C)C#C. The van der Waals surface area contributed by atoms with Crippen molar-refractivity contribution in [3.05, 3.63) is 0 Å². The Hall–Kier alpha value is -3.49. The van der Waals surface area contributed by atoms with Gasteiger partial charge in [0.2, 0.25) is 0 Å². The second kappa shape index (κ2) is 18.0. The first-order valence-electron chi connectivity index (χ1n) is 13.6. The number of hydrogen-bond donors (Lipinski definition) is 0. The van der Waals surface area contributed by atoms with Gasteiger partial charge >= 0.3 is 0 Å². The summed E-state index contributed by atoms with van der Waals surface area (Å²) in [4.78, 5) is 0. The highest BCUT2D eigenvalue weighted by Gasteiger charge is 2.61. The van der Waals surface area contributed by atoms with E-state index in [4.69, 9.17) is 64.2 Å². The van der Waals surface area contributed by atoms with Crippen molar-refractivity contribution in [2.45, 2.75) is 40.9 Å². The zero-order valence-electron chi connectivity index (χ0n) is 24.9. The van der Waals surface area contributed by atoms with Crippen molar-refractivity contribution in [3.8, 4) is 122 Å². The van der Waals surface area contributed by atoms with Crippen LogP contribution in [0, 0.1) is 122 Å². The third-order valence-electron chi connectivity index (χ3n) is 8.25. The molecule has 0 unspecified atom stereocenters. The van der Waals surface area contributed by atoms with Gasteiger partial charge in [-0.05, 0) is 0 Å². The van der Waals surface area contributed by atoms with Crippen LogP contribution in [0.25, 0.3) is 0 Å². The minimum Gasteiger partial charge on any atom is -0.152 e. The van der Waals surface area contributed by atoms with Gasteiger partial charge in [0.05, 0.1) is 26.2 Å². The fourth-order valence-corrected chi connectivity index (χ4v) is 6.88. The molecule has 0 nitrogen and oxygen atoms in total. The van der Waals surface area contributed by atoms with E-state index in [1.165, 1.54) is 0 Å². The van der Waals surface area contributed by atoms with Crippen LogP contribution in [0.4, 0.5) is 0 Å².